The van der Waals surface area contributed by atoms with E-state index in [0.29, 0.717) is 35.7 Å². The van der Waals surface area contributed by atoms with Crippen molar-refractivity contribution in [3.63, 3.8) is 0 Å². The van der Waals surface area contributed by atoms with Crippen LogP contribution in [0.3, 0.4) is 0 Å². The summed E-state index contributed by atoms with van der Waals surface area (Å²) in [5, 5.41) is 2.79. The minimum atomic E-state index is -4.31. The smallest absolute Gasteiger partial charge is 0.267 e. The number of nitrogens with zero attached hydrogens (tertiary/aromatic N) is 1. The summed E-state index contributed by atoms with van der Waals surface area (Å²) in [6.07, 6.45) is 0.990. The van der Waals surface area contributed by atoms with Gasteiger partial charge in [-0.25, -0.2) is 17.2 Å². The van der Waals surface area contributed by atoms with Gasteiger partial charge in [-0.15, -0.1) is 0 Å². The molecule has 1 N–H and O–H groups in total. The number of halogens is 2. The van der Waals surface area contributed by atoms with E-state index in [9.17, 15) is 22.0 Å². The molecular weight excluding hydrogens is 374 g/mol. The van der Waals surface area contributed by atoms with Gasteiger partial charge in [0, 0.05) is 18.2 Å². The first kappa shape index (κ1) is 19.3. The fourth-order valence-corrected chi connectivity index (χ4v) is 4.80. The second-order valence-electron chi connectivity index (χ2n) is 6.69. The Labute approximate surface area is 157 Å². The topological polar surface area (TPSA) is 66.5 Å². The molecule has 1 aliphatic rings. The van der Waals surface area contributed by atoms with E-state index in [-0.39, 0.29) is 18.5 Å². The molecule has 0 aromatic heterocycles. The zero-order valence-electron chi connectivity index (χ0n) is 15.0. The Hall–Kier alpha value is -2.48. The van der Waals surface area contributed by atoms with Gasteiger partial charge in [-0.05, 0) is 62.6 Å². The van der Waals surface area contributed by atoms with Crippen molar-refractivity contribution < 1.29 is 22.0 Å². The van der Waals surface area contributed by atoms with Gasteiger partial charge in [0.25, 0.3) is 15.9 Å². The maximum atomic E-state index is 14.1. The third kappa shape index (κ3) is 3.66. The Morgan fingerprint density at radius 2 is 1.93 bits per heavy atom. The normalized spacial score (nSPS) is 14.2. The molecule has 144 valence electrons. The highest BCUT2D eigenvalue weighted by Gasteiger charge is 2.33. The van der Waals surface area contributed by atoms with Crippen LogP contribution in [0.5, 0.6) is 0 Å². The number of fused-ring (bicyclic) bond motifs is 1. The minimum Gasteiger partial charge on any atom is -0.350 e. The molecule has 27 heavy (non-hydrogen) atoms. The van der Waals surface area contributed by atoms with Crippen molar-refractivity contribution in [2.24, 2.45) is 0 Å². The van der Waals surface area contributed by atoms with Crippen molar-refractivity contribution in [3.05, 3.63) is 59.2 Å². The number of benzene rings is 2. The van der Waals surface area contributed by atoms with Crippen LogP contribution in [0.25, 0.3) is 0 Å². The van der Waals surface area contributed by atoms with Crippen LogP contribution in [0, 0.1) is 11.6 Å². The molecule has 1 aliphatic heterocycles. The second-order valence-corrected chi connectivity index (χ2v) is 8.52. The highest BCUT2D eigenvalue weighted by atomic mass is 32.2. The van der Waals surface area contributed by atoms with Crippen LogP contribution >= 0.6 is 0 Å². The molecule has 0 radical (unpaired) electrons. The lowest BCUT2D eigenvalue weighted by Gasteiger charge is -2.31. The van der Waals surface area contributed by atoms with Crippen molar-refractivity contribution in [1.82, 2.24) is 5.32 Å². The average Bonchev–Trinajstić information content (AvgIpc) is 2.62. The highest BCUT2D eigenvalue weighted by molar-refractivity contribution is 7.92. The lowest BCUT2D eigenvalue weighted by atomic mass is 9.97. The largest absolute Gasteiger partial charge is 0.350 e. The van der Waals surface area contributed by atoms with Crippen LogP contribution in [0.4, 0.5) is 14.5 Å². The van der Waals surface area contributed by atoms with E-state index in [1.807, 2.05) is 13.8 Å². The molecule has 0 fully saturated rings. The van der Waals surface area contributed by atoms with Crippen LogP contribution in [-0.4, -0.2) is 26.9 Å². The summed E-state index contributed by atoms with van der Waals surface area (Å²) in [5.74, 6) is -2.15. The molecular formula is C19H20F2N2O3S. The molecule has 0 spiro atoms. The summed E-state index contributed by atoms with van der Waals surface area (Å²) in [7, 11) is -4.31. The van der Waals surface area contributed by atoms with Crippen molar-refractivity contribution in [2.45, 2.75) is 37.6 Å². The first-order chi connectivity index (χ1) is 12.7. The molecule has 0 unspecified atom stereocenters. The summed E-state index contributed by atoms with van der Waals surface area (Å²) in [4.78, 5) is 11.7. The van der Waals surface area contributed by atoms with E-state index in [2.05, 4.69) is 5.32 Å². The Bertz CT molecular complexity index is 990. The van der Waals surface area contributed by atoms with Crippen LogP contribution in [-0.2, 0) is 16.4 Å². The van der Waals surface area contributed by atoms with E-state index >= 15 is 0 Å². The molecule has 3 rings (SSSR count). The Kier molecular flexibility index (Phi) is 5.19. The zero-order valence-corrected chi connectivity index (χ0v) is 15.8. The number of nitrogens with one attached hydrogen (secondary N) is 1. The first-order valence-corrected chi connectivity index (χ1v) is 10.1. The summed E-state index contributed by atoms with van der Waals surface area (Å²) in [6.45, 7) is 3.79. The highest BCUT2D eigenvalue weighted by Crippen LogP contribution is 2.34. The molecule has 0 atom stereocenters. The van der Waals surface area contributed by atoms with E-state index < -0.39 is 26.6 Å². The summed E-state index contributed by atoms with van der Waals surface area (Å²) in [5.41, 5.74) is 1.30. The number of hydrogen-bond acceptors (Lipinski definition) is 3. The van der Waals surface area contributed by atoms with E-state index in [1.165, 1.54) is 0 Å². The third-order valence-electron chi connectivity index (χ3n) is 4.33. The van der Waals surface area contributed by atoms with E-state index in [1.54, 1.807) is 18.2 Å². The van der Waals surface area contributed by atoms with Gasteiger partial charge in [-0.1, -0.05) is 6.07 Å². The SMILES string of the molecule is CC(C)NC(=O)c1cccc2c1CCCN2S(=O)(=O)c1cc(F)ccc1F. The van der Waals surface area contributed by atoms with Crippen LogP contribution in [0.2, 0.25) is 0 Å². The predicted octanol–water partition coefficient (Wildman–Crippen LogP) is 3.24. The monoisotopic (exact) mass is 394 g/mol. The van der Waals surface area contributed by atoms with E-state index in [0.717, 1.165) is 16.4 Å². The van der Waals surface area contributed by atoms with Gasteiger partial charge in [0.1, 0.15) is 16.5 Å². The van der Waals surface area contributed by atoms with Gasteiger partial charge in [-0.3, -0.25) is 9.10 Å². The summed E-state index contributed by atoms with van der Waals surface area (Å²) < 4.78 is 54.7. The van der Waals surface area contributed by atoms with Crippen LogP contribution < -0.4 is 9.62 Å². The van der Waals surface area contributed by atoms with Gasteiger partial charge in [-0.2, -0.15) is 0 Å². The number of hydrogen-bond donors (Lipinski definition) is 1. The fourth-order valence-electron chi connectivity index (χ4n) is 3.19. The van der Waals surface area contributed by atoms with Gasteiger partial charge >= 0.3 is 0 Å². The van der Waals surface area contributed by atoms with Gasteiger partial charge in [0.2, 0.25) is 0 Å². The number of anilines is 1. The lowest BCUT2D eigenvalue weighted by molar-refractivity contribution is 0.0942. The van der Waals surface area contributed by atoms with Gasteiger partial charge < -0.3 is 5.32 Å². The molecule has 0 aliphatic carbocycles. The molecule has 1 heterocycles. The van der Waals surface area contributed by atoms with Gasteiger partial charge in [0.05, 0.1) is 5.69 Å². The number of sulfonamides is 1. The van der Waals surface area contributed by atoms with Crippen LogP contribution in [0.15, 0.2) is 41.3 Å². The number of carbonyl (C=O) groups is 1. The minimum absolute atomic E-state index is 0.0711. The Morgan fingerprint density at radius 3 is 2.63 bits per heavy atom. The standard InChI is InChI=1S/C19H20F2N2O3S/c1-12(2)22-19(24)15-5-3-7-17-14(15)6-4-10-23(17)27(25,26)18-11-13(20)8-9-16(18)21/h3,5,7-9,11-12H,4,6,10H2,1-2H3,(H,22,24). The van der Waals surface area contributed by atoms with Crippen molar-refractivity contribution >= 4 is 21.6 Å². The summed E-state index contributed by atoms with van der Waals surface area (Å²) >= 11 is 0. The molecule has 2 aromatic rings. The number of carbonyl (C=O) groups excluding carboxylic acids is 1. The molecule has 0 saturated carbocycles. The van der Waals surface area contributed by atoms with Crippen LogP contribution in [0.1, 0.15) is 36.2 Å². The Balaban J connectivity index is 2.09. The lowest BCUT2D eigenvalue weighted by Crippen LogP contribution is -2.37. The number of rotatable bonds is 4. The maximum Gasteiger partial charge on any atom is 0.267 e. The second kappa shape index (κ2) is 7.26. The predicted molar refractivity (Wildman–Crippen MR) is 98.3 cm³/mol. The molecule has 5 nitrogen and oxygen atoms in total. The Morgan fingerprint density at radius 1 is 1.19 bits per heavy atom. The van der Waals surface area contributed by atoms with Crippen molar-refractivity contribution in [2.75, 3.05) is 10.8 Å². The number of amides is 1. The third-order valence-corrected chi connectivity index (χ3v) is 6.16. The molecule has 0 bridgehead atoms. The van der Waals surface area contributed by atoms with Gasteiger partial charge in [0.15, 0.2) is 0 Å². The molecule has 1 amide bonds. The molecule has 2 aromatic carbocycles. The van der Waals surface area contributed by atoms with Crippen molar-refractivity contribution in [3.8, 4) is 0 Å². The quantitative estimate of drug-likeness (QED) is 0.866. The average molecular weight is 394 g/mol. The van der Waals surface area contributed by atoms with E-state index in [4.69, 9.17) is 0 Å². The fraction of sp³-hybridized carbons (Fsp3) is 0.316. The molecule has 8 heteroatoms. The summed E-state index contributed by atoms with van der Waals surface area (Å²) in [6, 6.07) is 7.06. The maximum absolute atomic E-state index is 14.1. The first-order valence-electron chi connectivity index (χ1n) is 8.62. The van der Waals surface area contributed by atoms with Crippen molar-refractivity contribution in [1.29, 1.82) is 0 Å². The molecule has 0 saturated heterocycles. The zero-order chi connectivity index (χ0) is 19.8.